The molecule has 0 bridgehead atoms. The highest BCUT2D eigenvalue weighted by atomic mass is 17.2. The zero-order valence-corrected chi connectivity index (χ0v) is 14.0. The van der Waals surface area contributed by atoms with Crippen molar-refractivity contribution in [3.63, 3.8) is 0 Å². The van der Waals surface area contributed by atoms with Crippen LogP contribution < -0.4 is 0 Å². The summed E-state index contributed by atoms with van der Waals surface area (Å²) in [7, 11) is 0. The minimum atomic E-state index is -0.705. The third-order valence-electron chi connectivity index (χ3n) is 2.92. The maximum Gasteiger partial charge on any atom is 0.339 e. The van der Waals surface area contributed by atoms with Crippen LogP contribution in [0.1, 0.15) is 39.7 Å². The van der Waals surface area contributed by atoms with Gasteiger partial charge in [0.25, 0.3) is 0 Å². The molecule has 0 spiro atoms. The Balaban J connectivity index is 2.55. The lowest BCUT2D eigenvalue weighted by atomic mass is 9.90. The maximum absolute atomic E-state index is 11.3. The molecule has 6 nitrogen and oxygen atoms in total. The van der Waals surface area contributed by atoms with Crippen molar-refractivity contribution in [2.75, 3.05) is 6.61 Å². The van der Waals surface area contributed by atoms with E-state index >= 15 is 0 Å². The Labute approximate surface area is 136 Å². The first kappa shape index (κ1) is 19.1. The molecule has 0 fully saturated rings. The number of carbonyl (C=O) groups excluding carboxylic acids is 2. The van der Waals surface area contributed by atoms with Gasteiger partial charge in [-0.1, -0.05) is 44.2 Å². The van der Waals surface area contributed by atoms with Crippen LogP contribution in [0.2, 0.25) is 0 Å². The lowest BCUT2D eigenvalue weighted by Crippen LogP contribution is -2.30. The van der Waals surface area contributed by atoms with Crippen molar-refractivity contribution >= 4 is 11.9 Å². The van der Waals surface area contributed by atoms with Crippen molar-refractivity contribution in [1.29, 1.82) is 0 Å². The number of benzene rings is 1. The SMILES string of the molecule is CC(=O)OOCC(C)(C)CC(OCc1ccccc1)OC(C)=O. The van der Waals surface area contributed by atoms with Gasteiger partial charge in [0.1, 0.15) is 0 Å². The lowest BCUT2D eigenvalue weighted by Gasteiger charge is -2.28. The molecule has 1 rings (SSSR count). The van der Waals surface area contributed by atoms with Crippen LogP contribution in [0.15, 0.2) is 30.3 Å². The van der Waals surface area contributed by atoms with Crippen LogP contribution in [0.3, 0.4) is 0 Å². The summed E-state index contributed by atoms with van der Waals surface area (Å²) in [6, 6.07) is 9.61. The molecule has 1 aromatic rings. The van der Waals surface area contributed by atoms with Crippen molar-refractivity contribution in [3.8, 4) is 0 Å². The molecule has 0 saturated carbocycles. The third-order valence-corrected chi connectivity index (χ3v) is 2.92. The molecular weight excluding hydrogens is 300 g/mol. The van der Waals surface area contributed by atoms with Gasteiger partial charge in [-0.3, -0.25) is 9.68 Å². The Bertz CT molecular complexity index is 497. The predicted molar refractivity (Wildman–Crippen MR) is 82.9 cm³/mol. The molecule has 0 aromatic heterocycles. The van der Waals surface area contributed by atoms with E-state index in [0.29, 0.717) is 13.0 Å². The van der Waals surface area contributed by atoms with E-state index in [2.05, 4.69) is 4.89 Å². The van der Waals surface area contributed by atoms with E-state index in [4.69, 9.17) is 14.4 Å². The summed E-state index contributed by atoms with van der Waals surface area (Å²) in [4.78, 5) is 31.3. The lowest BCUT2D eigenvalue weighted by molar-refractivity contribution is -0.285. The van der Waals surface area contributed by atoms with Crippen molar-refractivity contribution in [3.05, 3.63) is 35.9 Å². The van der Waals surface area contributed by atoms with E-state index in [9.17, 15) is 9.59 Å². The summed E-state index contributed by atoms with van der Waals surface area (Å²) >= 11 is 0. The molecule has 1 aromatic carbocycles. The van der Waals surface area contributed by atoms with E-state index in [1.54, 1.807) is 0 Å². The molecule has 0 aliphatic rings. The molecule has 0 heterocycles. The minimum absolute atomic E-state index is 0.166. The van der Waals surface area contributed by atoms with E-state index in [1.165, 1.54) is 13.8 Å². The van der Waals surface area contributed by atoms with Crippen LogP contribution in [0, 0.1) is 5.41 Å². The van der Waals surface area contributed by atoms with E-state index in [-0.39, 0.29) is 6.61 Å². The van der Waals surface area contributed by atoms with Gasteiger partial charge in [-0.25, -0.2) is 4.79 Å². The fourth-order valence-corrected chi connectivity index (χ4v) is 1.87. The van der Waals surface area contributed by atoms with Crippen molar-refractivity contribution < 1.29 is 28.8 Å². The van der Waals surface area contributed by atoms with Gasteiger partial charge in [-0.15, -0.1) is 0 Å². The summed E-state index contributed by atoms with van der Waals surface area (Å²) in [5.74, 6) is -0.933. The van der Waals surface area contributed by atoms with Crippen LogP contribution in [0.25, 0.3) is 0 Å². The average molecular weight is 324 g/mol. The highest BCUT2D eigenvalue weighted by Crippen LogP contribution is 2.25. The van der Waals surface area contributed by atoms with Crippen molar-refractivity contribution in [2.24, 2.45) is 5.41 Å². The molecule has 1 atom stereocenters. The monoisotopic (exact) mass is 324 g/mol. The highest BCUT2D eigenvalue weighted by Gasteiger charge is 2.27. The number of hydrogen-bond donors (Lipinski definition) is 0. The average Bonchev–Trinajstić information content (AvgIpc) is 2.44. The van der Waals surface area contributed by atoms with E-state index in [0.717, 1.165) is 5.56 Å². The standard InChI is InChI=1S/C17H24O6/c1-13(18)22-16(20-11-15-8-6-5-7-9-15)10-17(3,4)12-21-23-14(2)19/h5-9,16H,10-12H2,1-4H3. The number of esters is 1. The Morgan fingerprint density at radius 3 is 2.30 bits per heavy atom. The Kier molecular flexibility index (Phi) is 7.71. The maximum atomic E-state index is 11.3. The molecule has 1 unspecified atom stereocenters. The largest absolute Gasteiger partial charge is 0.436 e. The zero-order chi connectivity index (χ0) is 17.3. The Morgan fingerprint density at radius 1 is 1.09 bits per heavy atom. The van der Waals surface area contributed by atoms with Crippen LogP contribution in [0.5, 0.6) is 0 Å². The highest BCUT2D eigenvalue weighted by molar-refractivity contribution is 5.66. The molecule has 0 N–H and O–H groups in total. The number of hydrogen-bond acceptors (Lipinski definition) is 6. The van der Waals surface area contributed by atoms with Crippen LogP contribution in [-0.4, -0.2) is 24.8 Å². The van der Waals surface area contributed by atoms with Gasteiger partial charge in [0, 0.05) is 20.3 Å². The Morgan fingerprint density at radius 2 is 1.74 bits per heavy atom. The van der Waals surface area contributed by atoms with Gasteiger partial charge < -0.3 is 9.47 Å². The zero-order valence-electron chi connectivity index (χ0n) is 14.0. The topological polar surface area (TPSA) is 71.1 Å². The molecule has 0 aliphatic heterocycles. The normalized spacial score (nSPS) is 12.5. The predicted octanol–water partition coefficient (Wildman–Crippen LogP) is 3.00. The van der Waals surface area contributed by atoms with Crippen molar-refractivity contribution in [2.45, 2.75) is 47.0 Å². The second kappa shape index (κ2) is 9.27. The number of rotatable bonds is 9. The molecule has 23 heavy (non-hydrogen) atoms. The second-order valence-corrected chi connectivity index (χ2v) is 6.04. The first-order valence-corrected chi connectivity index (χ1v) is 7.41. The molecular formula is C17H24O6. The minimum Gasteiger partial charge on any atom is -0.436 e. The van der Waals surface area contributed by atoms with E-state index < -0.39 is 23.6 Å². The Hall–Kier alpha value is -1.92. The number of ether oxygens (including phenoxy) is 2. The van der Waals surface area contributed by atoms with E-state index in [1.807, 2.05) is 44.2 Å². The van der Waals surface area contributed by atoms with Crippen LogP contribution >= 0.6 is 0 Å². The fraction of sp³-hybridized carbons (Fsp3) is 0.529. The smallest absolute Gasteiger partial charge is 0.339 e. The third kappa shape index (κ3) is 8.95. The molecule has 0 saturated heterocycles. The van der Waals surface area contributed by atoms with Gasteiger partial charge in [0.2, 0.25) is 6.29 Å². The van der Waals surface area contributed by atoms with Gasteiger partial charge in [-0.05, 0) is 11.0 Å². The van der Waals surface area contributed by atoms with Crippen LogP contribution in [0.4, 0.5) is 0 Å². The molecule has 0 aliphatic carbocycles. The summed E-state index contributed by atoms with van der Waals surface area (Å²) in [5, 5.41) is 0. The van der Waals surface area contributed by atoms with Crippen molar-refractivity contribution in [1.82, 2.24) is 0 Å². The number of carbonyl (C=O) groups is 2. The quantitative estimate of drug-likeness (QED) is 0.301. The molecule has 128 valence electrons. The molecule has 6 heteroatoms. The first-order chi connectivity index (χ1) is 10.8. The summed E-state index contributed by atoms with van der Waals surface area (Å²) < 4.78 is 10.9. The summed E-state index contributed by atoms with van der Waals surface area (Å²) in [5.41, 5.74) is 0.574. The first-order valence-electron chi connectivity index (χ1n) is 7.41. The summed E-state index contributed by atoms with van der Waals surface area (Å²) in [6.07, 6.45) is -0.302. The summed E-state index contributed by atoms with van der Waals surface area (Å²) in [6.45, 7) is 6.90. The molecule has 0 amide bonds. The fourth-order valence-electron chi connectivity index (χ4n) is 1.87. The van der Waals surface area contributed by atoms with Gasteiger partial charge in [0.05, 0.1) is 13.2 Å². The molecule has 0 radical (unpaired) electrons. The second-order valence-electron chi connectivity index (χ2n) is 6.04. The van der Waals surface area contributed by atoms with Crippen LogP contribution in [-0.2, 0) is 35.4 Å². The van der Waals surface area contributed by atoms with Gasteiger partial charge in [-0.2, -0.15) is 4.89 Å². The van der Waals surface area contributed by atoms with Gasteiger partial charge >= 0.3 is 11.9 Å². The van der Waals surface area contributed by atoms with Gasteiger partial charge in [0.15, 0.2) is 0 Å².